The summed E-state index contributed by atoms with van der Waals surface area (Å²) in [4.78, 5) is 19.1. The lowest BCUT2D eigenvalue weighted by Crippen LogP contribution is -2.36. The Morgan fingerprint density at radius 1 is 1.11 bits per heavy atom. The molecule has 1 fully saturated rings. The second-order valence-corrected chi connectivity index (χ2v) is 10.8. The van der Waals surface area contributed by atoms with E-state index in [9.17, 15) is 9.90 Å². The van der Waals surface area contributed by atoms with Crippen molar-refractivity contribution >= 4 is 34.6 Å². The first-order valence-corrected chi connectivity index (χ1v) is 13.1. The minimum Gasteiger partial charge on any atom is -0.493 e. The number of benzene rings is 2. The monoisotopic (exact) mass is 515 g/mol. The summed E-state index contributed by atoms with van der Waals surface area (Å²) in [5.74, 6) is 1.16. The van der Waals surface area contributed by atoms with Gasteiger partial charge in [0.2, 0.25) is 5.88 Å². The highest BCUT2D eigenvalue weighted by atomic mass is 32.2. The Balaban J connectivity index is 1.46. The van der Waals surface area contributed by atoms with Gasteiger partial charge in [-0.05, 0) is 56.7 Å². The summed E-state index contributed by atoms with van der Waals surface area (Å²) in [6.07, 6.45) is 4.71. The molecule has 8 heteroatoms. The maximum absolute atomic E-state index is 13.3. The molecule has 2 aromatic heterocycles. The standard InChI is InChI=1S/C29H29N3O4S/c1-29(2,3)36-28(34)32-25(19-37-27(32)22-10-7-14-30-17-22)26(33)31-15-13-21-16-23(11-12-24(21)31)35-18-20-8-5-4-6-9-20/h4-17,27,33H,18-19H2,1-3H3. The highest BCUT2D eigenvalue weighted by Crippen LogP contribution is 2.45. The second-order valence-electron chi connectivity index (χ2n) is 9.75. The van der Waals surface area contributed by atoms with Crippen LogP contribution in [0.3, 0.4) is 0 Å². The van der Waals surface area contributed by atoms with Gasteiger partial charge in [-0.1, -0.05) is 36.4 Å². The van der Waals surface area contributed by atoms with E-state index in [4.69, 9.17) is 9.47 Å². The van der Waals surface area contributed by atoms with E-state index in [0.717, 1.165) is 27.8 Å². The zero-order chi connectivity index (χ0) is 26.0. The van der Waals surface area contributed by atoms with Gasteiger partial charge >= 0.3 is 6.09 Å². The molecule has 1 N–H and O–H groups in total. The van der Waals surface area contributed by atoms with Crippen molar-refractivity contribution in [2.24, 2.45) is 0 Å². The van der Waals surface area contributed by atoms with E-state index in [1.807, 2.05) is 87.5 Å². The van der Waals surface area contributed by atoms with E-state index in [-0.39, 0.29) is 11.3 Å². The average molecular weight is 516 g/mol. The van der Waals surface area contributed by atoms with Crippen molar-refractivity contribution in [3.8, 4) is 5.75 Å². The number of rotatable bonds is 5. The number of fused-ring (bicyclic) bond motifs is 1. The van der Waals surface area contributed by atoms with Crippen LogP contribution in [0.4, 0.5) is 4.79 Å². The Labute approximate surface area is 220 Å². The van der Waals surface area contributed by atoms with Gasteiger partial charge in [0.25, 0.3) is 0 Å². The summed E-state index contributed by atoms with van der Waals surface area (Å²) in [6.45, 7) is 5.95. The van der Waals surface area contributed by atoms with Crippen LogP contribution in [0.25, 0.3) is 16.8 Å². The molecular weight excluding hydrogens is 486 g/mol. The average Bonchev–Trinajstić information content (AvgIpc) is 3.52. The Morgan fingerprint density at radius 3 is 2.65 bits per heavy atom. The number of ether oxygens (including phenoxy) is 2. The van der Waals surface area contributed by atoms with Crippen molar-refractivity contribution in [3.05, 3.63) is 102 Å². The van der Waals surface area contributed by atoms with Crippen LogP contribution in [0.1, 0.15) is 37.3 Å². The number of pyridine rings is 1. The molecule has 1 aliphatic rings. The molecule has 0 bridgehead atoms. The highest BCUT2D eigenvalue weighted by Gasteiger charge is 2.40. The first kappa shape index (κ1) is 24.8. The molecular formula is C29H29N3O4S. The third-order valence-corrected chi connectivity index (χ3v) is 7.10. The van der Waals surface area contributed by atoms with Crippen molar-refractivity contribution in [3.63, 3.8) is 0 Å². The third-order valence-electron chi connectivity index (χ3n) is 5.86. The lowest BCUT2D eigenvalue weighted by Gasteiger charge is -2.29. The Kier molecular flexibility index (Phi) is 6.84. The van der Waals surface area contributed by atoms with Gasteiger partial charge in [0.05, 0.1) is 11.2 Å². The lowest BCUT2D eigenvalue weighted by atomic mass is 10.2. The minimum absolute atomic E-state index is 0.0160. The lowest BCUT2D eigenvalue weighted by molar-refractivity contribution is 0.0302. The summed E-state index contributed by atoms with van der Waals surface area (Å²) in [7, 11) is 0. The normalized spacial score (nSPS) is 17.2. The van der Waals surface area contributed by atoms with Gasteiger partial charge < -0.3 is 14.6 Å². The molecule has 1 atom stereocenters. The van der Waals surface area contributed by atoms with Crippen LogP contribution in [0, 0.1) is 0 Å². The van der Waals surface area contributed by atoms with Crippen molar-refractivity contribution < 1.29 is 19.4 Å². The molecule has 0 aliphatic carbocycles. The maximum Gasteiger partial charge on any atom is 0.416 e. The summed E-state index contributed by atoms with van der Waals surface area (Å²) in [5, 5.41) is 12.0. The molecule has 4 aromatic rings. The summed E-state index contributed by atoms with van der Waals surface area (Å²) >= 11 is 1.54. The summed E-state index contributed by atoms with van der Waals surface area (Å²) in [5.41, 5.74) is 2.55. The van der Waals surface area contributed by atoms with Gasteiger partial charge in [0.15, 0.2) is 0 Å². The van der Waals surface area contributed by atoms with Crippen LogP contribution in [0.2, 0.25) is 0 Å². The third kappa shape index (κ3) is 5.44. The smallest absolute Gasteiger partial charge is 0.416 e. The molecule has 1 amide bonds. The summed E-state index contributed by atoms with van der Waals surface area (Å²) < 4.78 is 13.4. The van der Waals surface area contributed by atoms with Crippen molar-refractivity contribution in [1.29, 1.82) is 0 Å². The fourth-order valence-electron chi connectivity index (χ4n) is 4.18. The van der Waals surface area contributed by atoms with E-state index in [0.29, 0.717) is 18.1 Å². The Bertz CT molecular complexity index is 1430. The highest BCUT2D eigenvalue weighted by molar-refractivity contribution is 8.00. The van der Waals surface area contributed by atoms with Crippen LogP contribution in [0.5, 0.6) is 5.75 Å². The molecule has 0 spiro atoms. The molecule has 1 unspecified atom stereocenters. The van der Waals surface area contributed by atoms with E-state index >= 15 is 0 Å². The zero-order valence-electron chi connectivity index (χ0n) is 21.0. The maximum atomic E-state index is 13.3. The number of nitrogens with zero attached hydrogens (tertiary/aromatic N) is 3. The molecule has 1 saturated heterocycles. The van der Waals surface area contributed by atoms with Gasteiger partial charge in [0.1, 0.15) is 23.3 Å². The SMILES string of the molecule is CC(C)(C)OC(=O)N1C(=C(O)n2ccc3cc(OCc4ccccc4)ccc32)CSC1c1cccnc1. The number of hydrogen-bond acceptors (Lipinski definition) is 6. The van der Waals surface area contributed by atoms with E-state index in [1.54, 1.807) is 23.2 Å². The quantitative estimate of drug-likeness (QED) is 0.289. The Hall–Kier alpha value is -3.91. The van der Waals surface area contributed by atoms with Crippen molar-refractivity contribution in [2.45, 2.75) is 38.4 Å². The molecule has 190 valence electrons. The van der Waals surface area contributed by atoms with Gasteiger partial charge in [-0.2, -0.15) is 0 Å². The fraction of sp³-hybridized carbons (Fsp3) is 0.241. The molecule has 3 heterocycles. The number of hydrogen-bond donors (Lipinski definition) is 1. The van der Waals surface area contributed by atoms with E-state index < -0.39 is 11.7 Å². The fourth-order valence-corrected chi connectivity index (χ4v) is 5.45. The van der Waals surface area contributed by atoms with Crippen LogP contribution in [0.15, 0.2) is 91.0 Å². The predicted molar refractivity (Wildman–Crippen MR) is 146 cm³/mol. The molecule has 5 rings (SSSR count). The number of aromatic nitrogens is 2. The molecule has 0 saturated carbocycles. The van der Waals surface area contributed by atoms with E-state index in [1.165, 1.54) is 16.7 Å². The molecule has 0 radical (unpaired) electrons. The number of aliphatic hydroxyl groups is 1. The predicted octanol–water partition coefficient (Wildman–Crippen LogP) is 6.98. The van der Waals surface area contributed by atoms with Crippen LogP contribution in [-0.4, -0.2) is 37.0 Å². The first-order chi connectivity index (χ1) is 17.8. The van der Waals surface area contributed by atoms with Crippen molar-refractivity contribution in [1.82, 2.24) is 14.5 Å². The number of carbonyl (C=O) groups excluding carboxylic acids is 1. The molecule has 7 nitrogen and oxygen atoms in total. The molecule has 1 aliphatic heterocycles. The second kappa shape index (κ2) is 10.2. The van der Waals surface area contributed by atoms with Crippen molar-refractivity contribution in [2.75, 3.05) is 5.75 Å². The van der Waals surface area contributed by atoms with Crippen LogP contribution < -0.4 is 4.74 Å². The number of aliphatic hydroxyl groups excluding tert-OH is 1. The first-order valence-electron chi connectivity index (χ1n) is 12.0. The zero-order valence-corrected chi connectivity index (χ0v) is 21.8. The van der Waals surface area contributed by atoms with Crippen LogP contribution >= 0.6 is 11.8 Å². The van der Waals surface area contributed by atoms with Gasteiger partial charge in [-0.15, -0.1) is 11.8 Å². The number of carbonyl (C=O) groups is 1. The van der Waals surface area contributed by atoms with E-state index in [2.05, 4.69) is 4.98 Å². The number of amides is 1. The van der Waals surface area contributed by atoms with Crippen LogP contribution in [-0.2, 0) is 11.3 Å². The largest absolute Gasteiger partial charge is 0.493 e. The Morgan fingerprint density at radius 2 is 1.92 bits per heavy atom. The molecule has 37 heavy (non-hydrogen) atoms. The topological polar surface area (TPSA) is 76.8 Å². The number of thioether (sulfide) groups is 1. The minimum atomic E-state index is -0.680. The van der Waals surface area contributed by atoms with Gasteiger partial charge in [0, 0.05) is 35.3 Å². The van der Waals surface area contributed by atoms with Gasteiger partial charge in [-0.3, -0.25) is 14.5 Å². The molecule has 2 aromatic carbocycles. The van der Waals surface area contributed by atoms with Gasteiger partial charge in [-0.25, -0.2) is 4.79 Å². The summed E-state index contributed by atoms with van der Waals surface area (Å²) in [6, 6.07) is 21.4.